The van der Waals surface area contributed by atoms with Crippen molar-refractivity contribution >= 4 is 39.5 Å². The summed E-state index contributed by atoms with van der Waals surface area (Å²) in [4.78, 5) is 13.9. The number of rotatable bonds is 7. The Morgan fingerprint density at radius 1 is 1.40 bits per heavy atom. The molecule has 1 amide bonds. The van der Waals surface area contributed by atoms with E-state index in [0.717, 1.165) is 30.8 Å². The Balaban J connectivity index is 0.00000312. The molecule has 2 N–H and O–H groups in total. The fraction of sp³-hybridized carbons (Fsp3) is 0.688. The summed E-state index contributed by atoms with van der Waals surface area (Å²) >= 11 is 1.34. The van der Waals surface area contributed by atoms with Gasteiger partial charge in [0, 0.05) is 30.2 Å². The number of amides is 1. The molecule has 6 nitrogen and oxygen atoms in total. The number of sulfone groups is 1. The van der Waals surface area contributed by atoms with E-state index in [2.05, 4.69) is 10.6 Å². The van der Waals surface area contributed by atoms with Crippen LogP contribution < -0.4 is 10.6 Å². The number of nitrogens with one attached hydrogen (secondary N) is 2. The van der Waals surface area contributed by atoms with Crippen LogP contribution in [0.4, 0.5) is 0 Å². The van der Waals surface area contributed by atoms with Gasteiger partial charge in [-0.05, 0) is 44.5 Å². The highest BCUT2D eigenvalue weighted by molar-refractivity contribution is 7.89. The summed E-state index contributed by atoms with van der Waals surface area (Å²) in [5, 5.41) is 6.34. The van der Waals surface area contributed by atoms with Gasteiger partial charge in [-0.2, -0.15) is 0 Å². The van der Waals surface area contributed by atoms with E-state index in [0.29, 0.717) is 23.6 Å². The number of hydrogen-bond acceptors (Lipinski definition) is 6. The van der Waals surface area contributed by atoms with Gasteiger partial charge in [-0.15, -0.1) is 23.7 Å². The molecule has 9 heteroatoms. The lowest BCUT2D eigenvalue weighted by molar-refractivity contribution is 0.0512. The Morgan fingerprint density at radius 2 is 2.04 bits per heavy atom. The molecular weight excluding hydrogens is 384 g/mol. The van der Waals surface area contributed by atoms with Crippen molar-refractivity contribution in [1.82, 2.24) is 10.6 Å². The van der Waals surface area contributed by atoms with Crippen LogP contribution in [-0.2, 0) is 20.3 Å². The normalized spacial score (nSPS) is 16.9. The topological polar surface area (TPSA) is 84.5 Å². The van der Waals surface area contributed by atoms with Crippen molar-refractivity contribution in [2.24, 2.45) is 5.41 Å². The van der Waals surface area contributed by atoms with Crippen LogP contribution >= 0.6 is 23.7 Å². The van der Waals surface area contributed by atoms with Crippen molar-refractivity contribution in [2.75, 3.05) is 39.6 Å². The monoisotopic (exact) mass is 410 g/mol. The predicted octanol–water partition coefficient (Wildman–Crippen LogP) is 1.77. The molecule has 1 saturated heterocycles. The fourth-order valence-electron chi connectivity index (χ4n) is 3.05. The highest BCUT2D eigenvalue weighted by Crippen LogP contribution is 2.29. The number of carbonyl (C=O) groups is 1. The lowest BCUT2D eigenvalue weighted by Gasteiger charge is -2.37. The first-order chi connectivity index (χ1) is 11.2. The lowest BCUT2D eigenvalue weighted by Crippen LogP contribution is -2.47. The highest BCUT2D eigenvalue weighted by Gasteiger charge is 2.32. The average Bonchev–Trinajstić information content (AvgIpc) is 2.85. The second-order valence-electron chi connectivity index (χ2n) is 6.63. The van der Waals surface area contributed by atoms with Crippen molar-refractivity contribution in [3.8, 4) is 0 Å². The van der Waals surface area contributed by atoms with Gasteiger partial charge in [0.05, 0.1) is 17.2 Å². The van der Waals surface area contributed by atoms with Gasteiger partial charge < -0.3 is 15.4 Å². The zero-order valence-electron chi connectivity index (χ0n) is 14.9. The number of halogens is 1. The van der Waals surface area contributed by atoms with E-state index < -0.39 is 9.84 Å². The van der Waals surface area contributed by atoms with Crippen LogP contribution in [0.2, 0.25) is 0 Å². The molecule has 1 aliphatic rings. The van der Waals surface area contributed by atoms with Gasteiger partial charge in [-0.1, -0.05) is 0 Å². The maximum atomic E-state index is 12.5. The van der Waals surface area contributed by atoms with Crippen molar-refractivity contribution in [2.45, 2.75) is 25.5 Å². The quantitative estimate of drug-likeness (QED) is 0.715. The second-order valence-corrected chi connectivity index (χ2v) is 10.0. The highest BCUT2D eigenvalue weighted by atomic mass is 35.5. The Morgan fingerprint density at radius 3 is 2.60 bits per heavy atom. The molecule has 2 rings (SSSR count). The molecule has 1 aromatic heterocycles. The Bertz CT molecular complexity index is 677. The van der Waals surface area contributed by atoms with E-state index in [1.165, 1.54) is 17.6 Å². The molecule has 144 valence electrons. The van der Waals surface area contributed by atoms with E-state index in [1.807, 2.05) is 6.92 Å². The standard InChI is InChI=1S/C16H26N2O4S2.ClH/c1-12-13(9-24(3,20)21)8-14(23-12)15(19)18-10-16(11-22-2)4-6-17-7-5-16;/h8,17H,4-7,9-11H2,1-3H3,(H,18,19);1H. The number of piperidine rings is 1. The SMILES string of the molecule is COCC1(CNC(=O)c2cc(CS(C)(=O)=O)c(C)s2)CCNCC1.Cl. The second kappa shape index (κ2) is 9.32. The van der Waals surface area contributed by atoms with Gasteiger partial charge >= 0.3 is 0 Å². The van der Waals surface area contributed by atoms with E-state index >= 15 is 0 Å². The maximum absolute atomic E-state index is 12.5. The number of thiophene rings is 1. The summed E-state index contributed by atoms with van der Waals surface area (Å²) in [6.07, 6.45) is 3.13. The average molecular weight is 411 g/mol. The third-order valence-corrected chi connectivity index (χ3v) is 6.33. The van der Waals surface area contributed by atoms with E-state index in [4.69, 9.17) is 4.74 Å². The maximum Gasteiger partial charge on any atom is 0.261 e. The molecule has 0 unspecified atom stereocenters. The van der Waals surface area contributed by atoms with E-state index in [9.17, 15) is 13.2 Å². The minimum atomic E-state index is -3.11. The molecule has 1 aromatic rings. The summed E-state index contributed by atoms with van der Waals surface area (Å²) in [5.41, 5.74) is 0.679. The fourth-order valence-corrected chi connectivity index (χ4v) is 4.96. The molecule has 2 heterocycles. The van der Waals surface area contributed by atoms with Crippen LogP contribution in [0.3, 0.4) is 0 Å². The molecule has 0 radical (unpaired) electrons. The molecule has 25 heavy (non-hydrogen) atoms. The number of aryl methyl sites for hydroxylation is 1. The first-order valence-corrected chi connectivity index (χ1v) is 10.9. The largest absolute Gasteiger partial charge is 0.384 e. The minimum absolute atomic E-state index is 0. The number of carbonyl (C=O) groups excluding carboxylic acids is 1. The van der Waals surface area contributed by atoms with E-state index in [1.54, 1.807) is 13.2 Å². The summed E-state index contributed by atoms with van der Waals surface area (Å²) < 4.78 is 28.3. The lowest BCUT2D eigenvalue weighted by atomic mass is 9.79. The number of methoxy groups -OCH3 is 1. The van der Waals surface area contributed by atoms with Crippen LogP contribution in [0, 0.1) is 12.3 Å². The molecule has 0 aliphatic carbocycles. The zero-order chi connectivity index (χ0) is 17.8. The predicted molar refractivity (Wildman–Crippen MR) is 104 cm³/mol. The molecule has 0 bridgehead atoms. The Labute approximate surface area is 160 Å². The zero-order valence-corrected chi connectivity index (χ0v) is 17.3. The molecule has 1 aliphatic heterocycles. The van der Waals surface area contributed by atoms with Gasteiger partial charge in [-0.25, -0.2) is 8.42 Å². The van der Waals surface area contributed by atoms with Crippen LogP contribution in [-0.4, -0.2) is 53.9 Å². The van der Waals surface area contributed by atoms with Gasteiger partial charge in [0.25, 0.3) is 5.91 Å². The van der Waals surface area contributed by atoms with Gasteiger partial charge in [0.2, 0.25) is 0 Å². The summed E-state index contributed by atoms with van der Waals surface area (Å²) in [6, 6.07) is 1.70. The van der Waals surface area contributed by atoms with Crippen molar-refractivity contribution < 1.29 is 17.9 Å². The van der Waals surface area contributed by atoms with Gasteiger partial charge in [0.1, 0.15) is 0 Å². The first-order valence-electron chi connectivity index (χ1n) is 8.00. The summed E-state index contributed by atoms with van der Waals surface area (Å²) in [7, 11) is -1.42. The molecule has 0 spiro atoms. The molecule has 0 aromatic carbocycles. The van der Waals surface area contributed by atoms with Crippen LogP contribution in [0.5, 0.6) is 0 Å². The third-order valence-electron chi connectivity index (χ3n) is 4.40. The summed E-state index contributed by atoms with van der Waals surface area (Å²) in [6.45, 7) is 4.89. The van der Waals surface area contributed by atoms with Crippen LogP contribution in [0.15, 0.2) is 6.07 Å². The van der Waals surface area contributed by atoms with Crippen LogP contribution in [0.1, 0.15) is 33.0 Å². The van der Waals surface area contributed by atoms with Gasteiger partial charge in [0.15, 0.2) is 9.84 Å². The molecule has 0 saturated carbocycles. The molecule has 0 atom stereocenters. The minimum Gasteiger partial charge on any atom is -0.384 e. The Hall–Kier alpha value is -0.670. The summed E-state index contributed by atoms with van der Waals surface area (Å²) in [5.74, 6) is -0.168. The van der Waals surface area contributed by atoms with E-state index in [-0.39, 0.29) is 29.5 Å². The van der Waals surface area contributed by atoms with Crippen molar-refractivity contribution in [1.29, 1.82) is 0 Å². The first kappa shape index (κ1) is 22.4. The number of hydrogen-bond donors (Lipinski definition) is 2. The molecular formula is C16H27ClN2O4S2. The van der Waals surface area contributed by atoms with Crippen molar-refractivity contribution in [3.63, 3.8) is 0 Å². The van der Waals surface area contributed by atoms with Crippen molar-refractivity contribution in [3.05, 3.63) is 21.4 Å². The smallest absolute Gasteiger partial charge is 0.261 e. The third kappa shape index (κ3) is 6.53. The number of ether oxygens (including phenoxy) is 1. The Kier molecular flexibility index (Phi) is 8.34. The molecule has 1 fully saturated rings. The van der Waals surface area contributed by atoms with Crippen LogP contribution in [0.25, 0.3) is 0 Å². The van der Waals surface area contributed by atoms with Gasteiger partial charge in [-0.3, -0.25) is 4.79 Å².